The monoisotopic (exact) mass is 390 g/mol. The van der Waals surface area contributed by atoms with Crippen molar-refractivity contribution in [3.05, 3.63) is 34.9 Å². The summed E-state index contributed by atoms with van der Waals surface area (Å²) in [6.07, 6.45) is -1.75. The van der Waals surface area contributed by atoms with Crippen LogP contribution in [0, 0.1) is 5.92 Å². The average molecular weight is 391 g/mol. The third kappa shape index (κ3) is 6.20. The minimum atomic E-state index is -4.85. The van der Waals surface area contributed by atoms with Crippen LogP contribution in [-0.2, 0) is 16.0 Å². The number of piperidine rings is 1. The Morgan fingerprint density at radius 2 is 1.88 bits per heavy atom. The van der Waals surface area contributed by atoms with E-state index in [9.17, 15) is 22.8 Å². The molecule has 1 aliphatic heterocycles. The molecule has 8 heteroatoms. The molecule has 0 bridgehead atoms. The molecule has 1 heterocycles. The number of amides is 2. The van der Waals surface area contributed by atoms with Gasteiger partial charge in [-0.05, 0) is 49.8 Å². The molecule has 1 fully saturated rings. The molecule has 2 rings (SSSR count). The highest BCUT2D eigenvalue weighted by Crippen LogP contribution is 2.24. The highest BCUT2D eigenvalue weighted by molar-refractivity contribution is 6.30. The van der Waals surface area contributed by atoms with Gasteiger partial charge in [0.2, 0.25) is 5.91 Å². The zero-order valence-corrected chi connectivity index (χ0v) is 15.1. The summed E-state index contributed by atoms with van der Waals surface area (Å²) < 4.78 is 37.2. The number of hydrogen-bond donors (Lipinski definition) is 1. The number of carbonyl (C=O) groups is 2. The maximum atomic E-state index is 12.4. The lowest BCUT2D eigenvalue weighted by Gasteiger charge is -2.31. The summed E-state index contributed by atoms with van der Waals surface area (Å²) in [4.78, 5) is 24.0. The van der Waals surface area contributed by atoms with Crippen molar-refractivity contribution in [2.45, 2.75) is 38.3 Å². The summed E-state index contributed by atoms with van der Waals surface area (Å²) in [5.74, 6) is -2.30. The van der Waals surface area contributed by atoms with E-state index in [-0.39, 0.29) is 37.8 Å². The maximum absolute atomic E-state index is 12.4. The van der Waals surface area contributed by atoms with Crippen molar-refractivity contribution in [1.29, 1.82) is 0 Å². The molecular formula is C18H22ClF3N2O2. The Kier molecular flexibility index (Phi) is 7.32. The number of unbranched alkanes of at least 4 members (excludes halogenated alkanes) is 1. The van der Waals surface area contributed by atoms with Crippen molar-refractivity contribution in [2.24, 2.45) is 5.92 Å². The fourth-order valence-corrected chi connectivity index (χ4v) is 3.24. The van der Waals surface area contributed by atoms with Gasteiger partial charge in [0, 0.05) is 30.6 Å². The SMILES string of the molecule is O=C(NCCCCc1cccc(Cl)c1)C1CCN(C(=O)C(F)(F)F)CC1. The second-order valence-electron chi connectivity index (χ2n) is 6.44. The van der Waals surface area contributed by atoms with E-state index in [1.165, 1.54) is 0 Å². The van der Waals surface area contributed by atoms with Crippen molar-refractivity contribution in [2.75, 3.05) is 19.6 Å². The summed E-state index contributed by atoms with van der Waals surface area (Å²) in [5.41, 5.74) is 1.14. The van der Waals surface area contributed by atoms with Gasteiger partial charge in [0.25, 0.3) is 0 Å². The Hall–Kier alpha value is -1.76. The van der Waals surface area contributed by atoms with E-state index in [1.807, 2.05) is 24.3 Å². The smallest absolute Gasteiger partial charge is 0.356 e. The molecule has 0 saturated carbocycles. The first-order valence-corrected chi connectivity index (χ1v) is 9.03. The van der Waals surface area contributed by atoms with Gasteiger partial charge in [0.15, 0.2) is 0 Å². The predicted octanol–water partition coefficient (Wildman–Crippen LogP) is 3.58. The van der Waals surface area contributed by atoms with Crippen LogP contribution in [-0.4, -0.2) is 42.5 Å². The molecule has 144 valence electrons. The lowest BCUT2D eigenvalue weighted by molar-refractivity contribution is -0.186. The topological polar surface area (TPSA) is 49.4 Å². The van der Waals surface area contributed by atoms with Crippen molar-refractivity contribution in [1.82, 2.24) is 10.2 Å². The standard InChI is InChI=1S/C18H22ClF3N2O2/c19-15-6-3-5-13(12-15)4-1-2-9-23-16(25)14-7-10-24(11-8-14)17(26)18(20,21)22/h3,5-6,12,14H,1-2,4,7-11H2,(H,23,25). The van der Waals surface area contributed by atoms with Gasteiger partial charge >= 0.3 is 12.1 Å². The van der Waals surface area contributed by atoms with Crippen molar-refractivity contribution in [3.8, 4) is 0 Å². The molecule has 0 aromatic heterocycles. The Labute approximate surface area is 155 Å². The summed E-state index contributed by atoms with van der Waals surface area (Å²) in [6, 6.07) is 7.63. The second kappa shape index (κ2) is 9.26. The van der Waals surface area contributed by atoms with Gasteiger partial charge in [-0.1, -0.05) is 23.7 Å². The molecule has 2 amide bonds. The second-order valence-corrected chi connectivity index (χ2v) is 6.88. The van der Waals surface area contributed by atoms with Gasteiger partial charge in [0.05, 0.1) is 0 Å². The average Bonchev–Trinajstić information content (AvgIpc) is 2.60. The third-order valence-corrected chi connectivity index (χ3v) is 4.71. The number of carbonyl (C=O) groups excluding carboxylic acids is 2. The molecule has 1 aliphatic rings. The van der Waals surface area contributed by atoms with Gasteiger partial charge in [-0.3, -0.25) is 9.59 Å². The minimum absolute atomic E-state index is 0.0365. The van der Waals surface area contributed by atoms with E-state index in [1.54, 1.807) is 0 Å². The van der Waals surface area contributed by atoms with E-state index < -0.39 is 12.1 Å². The Balaban J connectivity index is 1.63. The van der Waals surface area contributed by atoms with Gasteiger partial charge in [0.1, 0.15) is 0 Å². The summed E-state index contributed by atoms with van der Waals surface area (Å²) in [5, 5.41) is 3.53. The van der Waals surface area contributed by atoms with Crippen LogP contribution in [0.3, 0.4) is 0 Å². The fourth-order valence-electron chi connectivity index (χ4n) is 3.03. The van der Waals surface area contributed by atoms with Crippen molar-refractivity contribution < 1.29 is 22.8 Å². The van der Waals surface area contributed by atoms with E-state index in [0.29, 0.717) is 11.6 Å². The number of likely N-dealkylation sites (tertiary alicyclic amines) is 1. The van der Waals surface area contributed by atoms with E-state index in [4.69, 9.17) is 11.6 Å². The molecule has 1 aromatic rings. The van der Waals surface area contributed by atoms with Crippen LogP contribution in [0.5, 0.6) is 0 Å². The number of benzene rings is 1. The third-order valence-electron chi connectivity index (χ3n) is 4.48. The first kappa shape index (κ1) is 20.6. The lowest BCUT2D eigenvalue weighted by Crippen LogP contribution is -2.47. The van der Waals surface area contributed by atoms with Crippen LogP contribution in [0.2, 0.25) is 5.02 Å². The largest absolute Gasteiger partial charge is 0.471 e. The summed E-state index contributed by atoms with van der Waals surface area (Å²) >= 11 is 5.92. The quantitative estimate of drug-likeness (QED) is 0.755. The number of hydrogen-bond acceptors (Lipinski definition) is 2. The molecule has 4 nitrogen and oxygen atoms in total. The van der Waals surface area contributed by atoms with E-state index in [2.05, 4.69) is 5.32 Å². The van der Waals surface area contributed by atoms with Crippen molar-refractivity contribution in [3.63, 3.8) is 0 Å². The molecule has 0 unspecified atom stereocenters. The number of alkyl halides is 3. The summed E-state index contributed by atoms with van der Waals surface area (Å²) in [6.45, 7) is 0.456. The number of nitrogens with zero attached hydrogens (tertiary/aromatic N) is 1. The Morgan fingerprint density at radius 1 is 1.19 bits per heavy atom. The predicted molar refractivity (Wildman–Crippen MR) is 92.8 cm³/mol. The molecular weight excluding hydrogens is 369 g/mol. The first-order valence-electron chi connectivity index (χ1n) is 8.65. The molecule has 1 saturated heterocycles. The van der Waals surface area contributed by atoms with Gasteiger partial charge in [-0.2, -0.15) is 13.2 Å². The lowest BCUT2D eigenvalue weighted by atomic mass is 9.95. The first-order chi connectivity index (χ1) is 12.3. The van der Waals surface area contributed by atoms with Crippen LogP contribution >= 0.6 is 11.6 Å². The molecule has 1 N–H and O–H groups in total. The van der Waals surface area contributed by atoms with Gasteiger partial charge in [-0.15, -0.1) is 0 Å². The van der Waals surface area contributed by atoms with Gasteiger partial charge < -0.3 is 10.2 Å². The Bertz CT molecular complexity index is 629. The molecule has 26 heavy (non-hydrogen) atoms. The highest BCUT2D eigenvalue weighted by Gasteiger charge is 2.43. The van der Waals surface area contributed by atoms with Crippen LogP contribution in [0.15, 0.2) is 24.3 Å². The van der Waals surface area contributed by atoms with Crippen LogP contribution in [0.25, 0.3) is 0 Å². The zero-order valence-electron chi connectivity index (χ0n) is 14.3. The molecule has 0 spiro atoms. The van der Waals surface area contributed by atoms with Crippen molar-refractivity contribution >= 4 is 23.4 Å². The van der Waals surface area contributed by atoms with Crippen LogP contribution < -0.4 is 5.32 Å². The van der Waals surface area contributed by atoms with Crippen LogP contribution in [0.4, 0.5) is 13.2 Å². The highest BCUT2D eigenvalue weighted by atomic mass is 35.5. The Morgan fingerprint density at radius 3 is 2.50 bits per heavy atom. The molecule has 0 aliphatic carbocycles. The zero-order chi connectivity index (χ0) is 19.2. The number of rotatable bonds is 6. The van der Waals surface area contributed by atoms with E-state index in [0.717, 1.165) is 29.7 Å². The van der Waals surface area contributed by atoms with Crippen LogP contribution in [0.1, 0.15) is 31.2 Å². The van der Waals surface area contributed by atoms with Gasteiger partial charge in [-0.25, -0.2) is 0 Å². The maximum Gasteiger partial charge on any atom is 0.471 e. The fraction of sp³-hybridized carbons (Fsp3) is 0.556. The molecule has 0 radical (unpaired) electrons. The molecule has 0 atom stereocenters. The minimum Gasteiger partial charge on any atom is -0.356 e. The number of aryl methyl sites for hydroxylation is 1. The normalized spacial score (nSPS) is 15.8. The number of nitrogens with one attached hydrogen (secondary N) is 1. The summed E-state index contributed by atoms with van der Waals surface area (Å²) in [7, 11) is 0. The van der Waals surface area contributed by atoms with E-state index >= 15 is 0 Å². The number of halogens is 4. The molecule has 1 aromatic carbocycles.